The first-order valence-corrected chi connectivity index (χ1v) is 9.88. The summed E-state index contributed by atoms with van der Waals surface area (Å²) >= 11 is 0. The minimum atomic E-state index is 0.00607. The number of rotatable bonds is 5. The highest BCUT2D eigenvalue weighted by Gasteiger charge is 2.42. The van der Waals surface area contributed by atoms with Crippen LogP contribution in [0.5, 0.6) is 17.2 Å². The molecule has 0 N–H and O–H groups in total. The molecule has 0 spiro atoms. The van der Waals surface area contributed by atoms with E-state index >= 15 is 0 Å². The van der Waals surface area contributed by atoms with E-state index in [0.717, 1.165) is 46.5 Å². The predicted octanol–water partition coefficient (Wildman–Crippen LogP) is 3.93. The van der Waals surface area contributed by atoms with Crippen LogP contribution in [0.4, 0.5) is 0 Å². The number of methoxy groups -OCH3 is 1. The molecule has 0 radical (unpaired) electrons. The number of fused-ring (bicyclic) bond motifs is 2. The van der Waals surface area contributed by atoms with Gasteiger partial charge in [0, 0.05) is 12.0 Å². The van der Waals surface area contributed by atoms with Gasteiger partial charge in [0.25, 0.3) is 0 Å². The zero-order valence-electron chi connectivity index (χ0n) is 17.1. The fraction of sp³-hybridized carbons (Fsp3) is 0.435. The molecule has 0 unspecified atom stereocenters. The van der Waals surface area contributed by atoms with Crippen LogP contribution in [0, 0.1) is 0 Å². The Labute approximate surface area is 166 Å². The number of carbonyl (C=O) groups excluding carboxylic acids is 1. The number of aryl methyl sites for hydroxylation is 1. The van der Waals surface area contributed by atoms with E-state index in [9.17, 15) is 4.79 Å². The average molecular weight is 382 g/mol. The average Bonchev–Trinajstić information content (AvgIpc) is 3.16. The summed E-state index contributed by atoms with van der Waals surface area (Å²) in [6.45, 7) is 3.29. The first-order chi connectivity index (χ1) is 13.4. The molecule has 0 aliphatic carbocycles. The zero-order chi connectivity index (χ0) is 19.9. The third kappa shape index (κ3) is 3.14. The molecule has 28 heavy (non-hydrogen) atoms. The number of benzene rings is 2. The van der Waals surface area contributed by atoms with Gasteiger partial charge in [0.1, 0.15) is 6.04 Å². The van der Waals surface area contributed by atoms with E-state index in [-0.39, 0.29) is 18.6 Å². The molecule has 4 rings (SSSR count). The Bertz CT molecular complexity index is 902. The Balaban J connectivity index is 1.73. The summed E-state index contributed by atoms with van der Waals surface area (Å²) in [7, 11) is 6.03. The molecule has 0 amide bonds. The highest BCUT2D eigenvalue weighted by molar-refractivity contribution is 5.96. The number of hydrogen-bond acceptors (Lipinski definition) is 4. The molecule has 148 valence electrons. The van der Waals surface area contributed by atoms with E-state index < -0.39 is 0 Å². The van der Waals surface area contributed by atoms with Gasteiger partial charge in [-0.1, -0.05) is 31.2 Å². The van der Waals surface area contributed by atoms with Gasteiger partial charge in [-0.3, -0.25) is 4.79 Å². The molecule has 2 aliphatic rings. The van der Waals surface area contributed by atoms with Crippen LogP contribution < -0.4 is 14.2 Å². The number of Topliss-reactive ketones (excluding diaryl/α,β-unsaturated/α-hetero) is 1. The summed E-state index contributed by atoms with van der Waals surface area (Å²) in [6.07, 6.45) is 2.32. The third-order valence-electron chi connectivity index (χ3n) is 6.15. The van der Waals surface area contributed by atoms with Gasteiger partial charge < -0.3 is 18.7 Å². The van der Waals surface area contributed by atoms with Gasteiger partial charge in [-0.15, -0.1) is 0 Å². The van der Waals surface area contributed by atoms with Crippen molar-refractivity contribution in [2.75, 3.05) is 34.5 Å². The van der Waals surface area contributed by atoms with Crippen molar-refractivity contribution in [1.29, 1.82) is 0 Å². The molecule has 2 heterocycles. The number of carbonyl (C=O) groups is 1. The molecule has 0 bridgehead atoms. The van der Waals surface area contributed by atoms with E-state index in [1.165, 1.54) is 11.1 Å². The summed E-state index contributed by atoms with van der Waals surface area (Å²) in [6, 6.07) is 10.0. The Kier molecular flexibility index (Phi) is 4.79. The van der Waals surface area contributed by atoms with Crippen LogP contribution in [0.3, 0.4) is 0 Å². The van der Waals surface area contributed by atoms with Crippen molar-refractivity contribution in [1.82, 2.24) is 0 Å². The van der Waals surface area contributed by atoms with Gasteiger partial charge >= 0.3 is 0 Å². The normalized spacial score (nSPS) is 19.2. The van der Waals surface area contributed by atoms with Gasteiger partial charge in [-0.05, 0) is 23.6 Å². The number of ether oxygens (including phenoxy) is 3. The number of ketones is 1. The van der Waals surface area contributed by atoms with Crippen molar-refractivity contribution in [3.8, 4) is 17.2 Å². The van der Waals surface area contributed by atoms with Gasteiger partial charge in [-0.2, -0.15) is 0 Å². The van der Waals surface area contributed by atoms with Gasteiger partial charge in [0.15, 0.2) is 17.3 Å². The van der Waals surface area contributed by atoms with Gasteiger partial charge in [-0.25, -0.2) is 0 Å². The smallest absolute Gasteiger partial charge is 0.231 e. The second-order valence-corrected chi connectivity index (χ2v) is 8.16. The van der Waals surface area contributed by atoms with Crippen molar-refractivity contribution in [3.05, 3.63) is 52.6 Å². The number of nitrogens with zero attached hydrogens (tertiary/aromatic N) is 1. The Morgan fingerprint density at radius 2 is 1.96 bits per heavy atom. The largest absolute Gasteiger partial charge is 0.492 e. The van der Waals surface area contributed by atoms with Crippen molar-refractivity contribution in [2.24, 2.45) is 0 Å². The van der Waals surface area contributed by atoms with Crippen LogP contribution in [-0.4, -0.2) is 44.8 Å². The highest BCUT2D eigenvalue weighted by atomic mass is 16.7. The maximum Gasteiger partial charge on any atom is 0.231 e. The van der Waals surface area contributed by atoms with Crippen molar-refractivity contribution < 1.29 is 23.5 Å². The maximum absolute atomic E-state index is 13.1. The zero-order valence-corrected chi connectivity index (χ0v) is 17.1. The Hall–Kier alpha value is -2.53. The minimum Gasteiger partial charge on any atom is -0.492 e. The van der Waals surface area contributed by atoms with Crippen molar-refractivity contribution in [3.63, 3.8) is 0 Å². The maximum atomic E-state index is 13.1. The molecule has 0 saturated heterocycles. The number of quaternary nitrogens is 1. The van der Waals surface area contributed by atoms with E-state index in [1.807, 2.05) is 24.3 Å². The second kappa shape index (κ2) is 7.13. The summed E-state index contributed by atoms with van der Waals surface area (Å²) in [5, 5.41) is 0. The van der Waals surface area contributed by atoms with Crippen LogP contribution in [0.15, 0.2) is 30.3 Å². The van der Waals surface area contributed by atoms with E-state index in [2.05, 4.69) is 27.1 Å². The van der Waals surface area contributed by atoms with Gasteiger partial charge in [0.2, 0.25) is 12.5 Å². The first-order valence-electron chi connectivity index (χ1n) is 9.88. The molecule has 5 nitrogen and oxygen atoms in total. The van der Waals surface area contributed by atoms with E-state index in [4.69, 9.17) is 14.2 Å². The van der Waals surface area contributed by atoms with E-state index in [1.54, 1.807) is 7.11 Å². The monoisotopic (exact) mass is 382 g/mol. The number of likely N-dealkylation sites (N-methyl/N-ethyl adjacent to an activating group) is 1. The Morgan fingerprint density at radius 1 is 1.21 bits per heavy atom. The molecule has 0 fully saturated rings. The molecule has 2 aromatic carbocycles. The lowest BCUT2D eigenvalue weighted by Gasteiger charge is -2.43. The van der Waals surface area contributed by atoms with Crippen molar-refractivity contribution in [2.45, 2.75) is 32.2 Å². The second-order valence-electron chi connectivity index (χ2n) is 8.16. The standard InChI is InChI=1S/C23H28NO4/c1-5-15-6-8-16(9-7-15)19(25)13-18-21-17(10-11-24(18,2)3)12-20-22(23(21)26-4)28-14-27-20/h6-9,12,18H,5,10-11,13-14H2,1-4H3/q+1/t18-/m0/s1. The van der Waals surface area contributed by atoms with E-state index in [0.29, 0.717) is 12.2 Å². The fourth-order valence-corrected chi connectivity index (χ4v) is 4.34. The molecule has 1 atom stereocenters. The fourth-order valence-electron chi connectivity index (χ4n) is 4.34. The summed E-state index contributed by atoms with van der Waals surface area (Å²) in [4.78, 5) is 13.1. The molecule has 2 aliphatic heterocycles. The summed E-state index contributed by atoms with van der Waals surface area (Å²) < 4.78 is 17.8. The lowest BCUT2D eigenvalue weighted by atomic mass is 9.86. The topological polar surface area (TPSA) is 44.8 Å². The van der Waals surface area contributed by atoms with Crippen LogP contribution in [-0.2, 0) is 12.8 Å². The lowest BCUT2D eigenvalue weighted by Crippen LogP contribution is -2.48. The Morgan fingerprint density at radius 3 is 2.64 bits per heavy atom. The first kappa shape index (κ1) is 18.8. The predicted molar refractivity (Wildman–Crippen MR) is 107 cm³/mol. The van der Waals surface area contributed by atoms with Crippen LogP contribution >= 0.6 is 0 Å². The summed E-state index contributed by atoms with van der Waals surface area (Å²) in [5.41, 5.74) is 4.29. The highest BCUT2D eigenvalue weighted by Crippen LogP contribution is 2.51. The number of hydrogen-bond donors (Lipinski definition) is 0. The molecular weight excluding hydrogens is 354 g/mol. The third-order valence-corrected chi connectivity index (χ3v) is 6.15. The van der Waals surface area contributed by atoms with Crippen molar-refractivity contribution >= 4 is 5.78 Å². The molecular formula is C23H28NO4+. The van der Waals surface area contributed by atoms with Crippen LogP contribution in [0.1, 0.15) is 46.4 Å². The molecule has 5 heteroatoms. The van der Waals surface area contributed by atoms with Crippen LogP contribution in [0.2, 0.25) is 0 Å². The molecule has 0 aromatic heterocycles. The quantitative estimate of drug-likeness (QED) is 0.581. The van der Waals surface area contributed by atoms with Gasteiger partial charge in [0.05, 0.1) is 39.7 Å². The summed E-state index contributed by atoms with van der Waals surface area (Å²) in [5.74, 6) is 2.28. The minimum absolute atomic E-state index is 0.00607. The SMILES string of the molecule is CCc1ccc(C(=O)C[C@H]2c3c(cc4c(c3OC)OCO4)CC[N+]2(C)C)cc1. The van der Waals surface area contributed by atoms with Crippen LogP contribution in [0.25, 0.3) is 0 Å². The molecule has 0 saturated carbocycles. The molecule has 2 aromatic rings. The lowest BCUT2D eigenvalue weighted by molar-refractivity contribution is -0.922.